The van der Waals surface area contributed by atoms with Crippen molar-refractivity contribution in [3.05, 3.63) is 29.8 Å². The van der Waals surface area contributed by atoms with Crippen LogP contribution in [0.2, 0.25) is 0 Å². The quantitative estimate of drug-likeness (QED) is 0.459. The Morgan fingerprint density at radius 2 is 1.18 bits per heavy atom. The summed E-state index contributed by atoms with van der Waals surface area (Å²) in [4.78, 5) is 2.47. The Labute approximate surface area is 179 Å². The second-order valence-electron chi connectivity index (χ2n) is 6.98. The van der Waals surface area contributed by atoms with E-state index in [1.165, 1.54) is 43.4 Å². The van der Waals surface area contributed by atoms with Crippen LogP contribution in [0.15, 0.2) is 24.3 Å². The van der Waals surface area contributed by atoms with Gasteiger partial charge in [0.1, 0.15) is 0 Å². The van der Waals surface area contributed by atoms with E-state index in [1.807, 2.05) is 41.5 Å². The van der Waals surface area contributed by atoms with Crippen LogP contribution in [-0.4, -0.2) is 19.3 Å². The van der Waals surface area contributed by atoms with Gasteiger partial charge >= 0.3 is 0 Å². The number of hydrogen-bond donors (Lipinski definition) is 1. The molecule has 0 atom stereocenters. The first kappa shape index (κ1) is 34.2. The molecule has 1 aromatic carbocycles. The van der Waals surface area contributed by atoms with Crippen molar-refractivity contribution in [2.24, 2.45) is 5.41 Å². The Morgan fingerprint density at radius 1 is 0.786 bits per heavy atom. The minimum Gasteiger partial charge on any atom is -0.372 e. The second-order valence-corrected chi connectivity index (χ2v) is 6.98. The molecular formula is C26H54N2. The van der Waals surface area contributed by atoms with Crippen molar-refractivity contribution in [3.8, 4) is 0 Å². The third kappa shape index (κ3) is 22.7. The molecule has 0 saturated carbocycles. The van der Waals surface area contributed by atoms with Gasteiger partial charge in [-0.1, -0.05) is 95.2 Å². The summed E-state index contributed by atoms with van der Waals surface area (Å²) >= 11 is 0. The Morgan fingerprint density at radius 3 is 1.39 bits per heavy atom. The fourth-order valence-electron chi connectivity index (χ4n) is 2.16. The number of nitrogens with one attached hydrogen (secondary N) is 1. The molecule has 0 heterocycles. The lowest BCUT2D eigenvalue weighted by Crippen LogP contribution is -2.24. The number of anilines is 1. The third-order valence-corrected chi connectivity index (χ3v) is 3.41. The van der Waals surface area contributed by atoms with Crippen LogP contribution in [0.3, 0.4) is 0 Å². The van der Waals surface area contributed by atoms with E-state index in [0.717, 1.165) is 12.8 Å². The lowest BCUT2D eigenvalue weighted by molar-refractivity contribution is 0.437. The van der Waals surface area contributed by atoms with Crippen molar-refractivity contribution < 1.29 is 0 Å². The Bertz CT molecular complexity index is 382. The van der Waals surface area contributed by atoms with E-state index in [1.54, 1.807) is 0 Å². The summed E-state index contributed by atoms with van der Waals surface area (Å²) in [6, 6.07) is 9.00. The number of nitrogens with zero attached hydrogens (tertiary/aromatic N) is 1. The van der Waals surface area contributed by atoms with Crippen LogP contribution < -0.4 is 4.90 Å². The topological polar surface area (TPSA) is 27.1 Å². The Balaban J connectivity index is -0.000000187. The highest BCUT2D eigenvalue weighted by Crippen LogP contribution is 2.16. The molecule has 0 saturated heterocycles. The van der Waals surface area contributed by atoms with Crippen LogP contribution >= 0.6 is 0 Å². The highest BCUT2D eigenvalue weighted by Gasteiger charge is 2.05. The van der Waals surface area contributed by atoms with Crippen LogP contribution in [-0.2, 0) is 6.42 Å². The summed E-state index contributed by atoms with van der Waals surface area (Å²) in [5.74, 6) is 0. The SMILES string of the molecule is CC.CC.CC.CC(C)(C)CC=N.CCCN(CCC)c1ccc(CC)cc1. The molecule has 1 N–H and O–H groups in total. The largest absolute Gasteiger partial charge is 0.372 e. The zero-order valence-electron chi connectivity index (χ0n) is 21.6. The molecule has 0 unspecified atom stereocenters. The van der Waals surface area contributed by atoms with E-state index in [0.29, 0.717) is 5.41 Å². The summed E-state index contributed by atoms with van der Waals surface area (Å²) in [5.41, 5.74) is 3.10. The average Bonchev–Trinajstić information content (AvgIpc) is 2.72. The first-order valence-corrected chi connectivity index (χ1v) is 11.7. The van der Waals surface area contributed by atoms with E-state index in [9.17, 15) is 0 Å². The average molecular weight is 395 g/mol. The fraction of sp³-hybridized carbons (Fsp3) is 0.731. The highest BCUT2D eigenvalue weighted by molar-refractivity contribution is 5.53. The maximum Gasteiger partial charge on any atom is 0.0366 e. The third-order valence-electron chi connectivity index (χ3n) is 3.41. The highest BCUT2D eigenvalue weighted by atomic mass is 15.1. The minimum absolute atomic E-state index is 0.307. The monoisotopic (exact) mass is 394 g/mol. The zero-order chi connectivity index (χ0) is 23.0. The van der Waals surface area contributed by atoms with E-state index in [4.69, 9.17) is 5.41 Å². The molecule has 0 aliphatic heterocycles. The van der Waals surface area contributed by atoms with Crippen molar-refractivity contribution in [2.75, 3.05) is 18.0 Å². The molecule has 0 spiro atoms. The molecule has 0 radical (unpaired) electrons. The molecule has 0 aromatic heterocycles. The fourth-order valence-corrected chi connectivity index (χ4v) is 2.16. The van der Waals surface area contributed by atoms with Gasteiger partial charge in [-0.25, -0.2) is 0 Å². The van der Waals surface area contributed by atoms with E-state index >= 15 is 0 Å². The number of aryl methyl sites for hydroxylation is 1. The van der Waals surface area contributed by atoms with Crippen LogP contribution in [0.5, 0.6) is 0 Å². The minimum atomic E-state index is 0.307. The van der Waals surface area contributed by atoms with Crippen molar-refractivity contribution in [1.82, 2.24) is 0 Å². The number of hydrogen-bond acceptors (Lipinski definition) is 2. The van der Waals surface area contributed by atoms with Crippen molar-refractivity contribution in [2.45, 2.75) is 109 Å². The van der Waals surface area contributed by atoms with Gasteiger partial charge in [-0.3, -0.25) is 0 Å². The first-order chi connectivity index (χ1) is 13.4. The molecule has 168 valence electrons. The van der Waals surface area contributed by atoms with Gasteiger partial charge in [-0.15, -0.1) is 0 Å². The molecule has 0 bridgehead atoms. The maximum atomic E-state index is 6.73. The lowest BCUT2D eigenvalue weighted by atomic mass is 9.93. The molecule has 1 aromatic rings. The van der Waals surface area contributed by atoms with E-state index < -0.39 is 0 Å². The molecule has 2 nitrogen and oxygen atoms in total. The van der Waals surface area contributed by atoms with Crippen molar-refractivity contribution >= 4 is 11.9 Å². The van der Waals surface area contributed by atoms with Crippen LogP contribution in [0.4, 0.5) is 5.69 Å². The van der Waals surface area contributed by atoms with Gasteiger partial charge in [0.15, 0.2) is 0 Å². The predicted octanol–water partition coefficient (Wildman–Crippen LogP) is 9.03. The van der Waals surface area contributed by atoms with Gasteiger partial charge in [0.05, 0.1) is 0 Å². The number of rotatable bonds is 7. The molecular weight excluding hydrogens is 340 g/mol. The van der Waals surface area contributed by atoms with E-state index in [-0.39, 0.29) is 0 Å². The van der Waals surface area contributed by atoms with Crippen molar-refractivity contribution in [3.63, 3.8) is 0 Å². The van der Waals surface area contributed by atoms with Gasteiger partial charge in [0.2, 0.25) is 0 Å². The zero-order valence-corrected chi connectivity index (χ0v) is 21.6. The first-order valence-electron chi connectivity index (χ1n) is 11.7. The molecule has 0 amide bonds. The number of benzene rings is 1. The van der Waals surface area contributed by atoms with Gasteiger partial charge in [-0.05, 0) is 55.0 Å². The smallest absolute Gasteiger partial charge is 0.0366 e. The molecule has 0 fully saturated rings. The van der Waals surface area contributed by atoms with Gasteiger partial charge in [0, 0.05) is 18.8 Å². The molecule has 28 heavy (non-hydrogen) atoms. The van der Waals surface area contributed by atoms with Crippen LogP contribution in [0, 0.1) is 10.8 Å². The molecule has 2 heteroatoms. The lowest BCUT2D eigenvalue weighted by Gasteiger charge is -2.23. The molecule has 0 aliphatic carbocycles. The van der Waals surface area contributed by atoms with E-state index in [2.05, 4.69) is 70.7 Å². The summed E-state index contributed by atoms with van der Waals surface area (Å²) in [6.45, 7) is 27.4. The summed E-state index contributed by atoms with van der Waals surface area (Å²) in [6.07, 6.45) is 5.90. The standard InChI is InChI=1S/C14H23N.C6H13N.3C2H6/c1-4-11-15(12-5-2)14-9-7-13(6-3)8-10-14;1-6(2,3)4-5-7;3*1-2/h7-10H,4-6,11-12H2,1-3H3;5,7H,4H2,1-3H3;3*1-2H3. The van der Waals surface area contributed by atoms with Gasteiger partial charge in [0.25, 0.3) is 0 Å². The van der Waals surface area contributed by atoms with Crippen LogP contribution in [0.25, 0.3) is 0 Å². The Kier molecular flexibility index (Phi) is 31.4. The predicted molar refractivity (Wildman–Crippen MR) is 136 cm³/mol. The van der Waals surface area contributed by atoms with Crippen molar-refractivity contribution in [1.29, 1.82) is 5.41 Å². The molecule has 0 aliphatic rings. The summed E-state index contributed by atoms with van der Waals surface area (Å²) < 4.78 is 0. The summed E-state index contributed by atoms with van der Waals surface area (Å²) in [7, 11) is 0. The Hall–Kier alpha value is -1.31. The normalized spacial score (nSPS) is 9.00. The van der Waals surface area contributed by atoms with Gasteiger partial charge < -0.3 is 10.3 Å². The van der Waals surface area contributed by atoms with Crippen LogP contribution in [0.1, 0.15) is 108 Å². The maximum absolute atomic E-state index is 6.73. The van der Waals surface area contributed by atoms with Gasteiger partial charge in [-0.2, -0.15) is 0 Å². The second kappa shape index (κ2) is 25.7. The molecule has 1 rings (SSSR count). The summed E-state index contributed by atoms with van der Waals surface area (Å²) in [5, 5.41) is 6.73.